The zero-order chi connectivity index (χ0) is 13.8. The molecule has 0 saturated carbocycles. The zero-order valence-corrected chi connectivity index (χ0v) is 10.4. The van der Waals surface area contributed by atoms with Crippen LogP contribution in [0.2, 0.25) is 0 Å². The van der Waals surface area contributed by atoms with Crippen molar-refractivity contribution in [3.05, 3.63) is 23.8 Å². The minimum absolute atomic E-state index is 0.306. The minimum atomic E-state index is -1.07. The Morgan fingerprint density at radius 3 is 2.50 bits per heavy atom. The van der Waals surface area contributed by atoms with E-state index >= 15 is 0 Å². The maximum atomic E-state index is 12.0. The van der Waals surface area contributed by atoms with Gasteiger partial charge in [-0.3, -0.25) is 4.79 Å². The van der Waals surface area contributed by atoms with Crippen LogP contribution in [-0.4, -0.2) is 42.0 Å². The molecule has 1 amide bonds. The first-order valence-corrected chi connectivity index (χ1v) is 5.43. The predicted octanol–water partition coefficient (Wildman–Crippen LogP) is -0.250. The molecular formula is C12H18N2O4. The number of nitrogens with two attached hydrogens (primary N) is 1. The summed E-state index contributed by atoms with van der Waals surface area (Å²) in [5.74, 6) is 0.0288. The van der Waals surface area contributed by atoms with Gasteiger partial charge < -0.3 is 26.0 Å². The molecular weight excluding hydrogens is 236 g/mol. The van der Waals surface area contributed by atoms with E-state index in [9.17, 15) is 4.79 Å². The molecule has 1 aromatic rings. The second-order valence-corrected chi connectivity index (χ2v) is 4.33. The van der Waals surface area contributed by atoms with Crippen molar-refractivity contribution in [2.24, 2.45) is 0 Å². The SMILES string of the molecule is COc1cc(N)cc(C(=O)NC(C)(CO)CO)c1. The Morgan fingerprint density at radius 1 is 1.39 bits per heavy atom. The lowest BCUT2D eigenvalue weighted by molar-refractivity contribution is 0.0723. The Morgan fingerprint density at radius 2 is 2.00 bits per heavy atom. The van der Waals surface area contributed by atoms with Gasteiger partial charge in [0, 0.05) is 17.3 Å². The summed E-state index contributed by atoms with van der Waals surface area (Å²) < 4.78 is 5.01. The van der Waals surface area contributed by atoms with E-state index in [0.29, 0.717) is 17.0 Å². The highest BCUT2D eigenvalue weighted by Crippen LogP contribution is 2.19. The predicted molar refractivity (Wildman–Crippen MR) is 67.4 cm³/mol. The standard InChI is InChI=1S/C12H18N2O4/c1-12(6-15,7-16)14-11(17)8-3-9(13)5-10(4-8)18-2/h3-5,15-16H,6-7,13H2,1-2H3,(H,14,17). The van der Waals surface area contributed by atoms with E-state index in [4.69, 9.17) is 20.7 Å². The number of methoxy groups -OCH3 is 1. The van der Waals surface area contributed by atoms with Gasteiger partial charge in [-0.25, -0.2) is 0 Å². The van der Waals surface area contributed by atoms with Crippen LogP contribution in [0.5, 0.6) is 5.75 Å². The molecule has 0 aliphatic heterocycles. The molecule has 0 aromatic heterocycles. The van der Waals surface area contributed by atoms with Crippen LogP contribution in [0, 0.1) is 0 Å². The Labute approximate surface area is 105 Å². The number of aliphatic hydroxyl groups excluding tert-OH is 2. The number of carbonyl (C=O) groups excluding carboxylic acids is 1. The molecule has 1 aromatic carbocycles. The molecule has 6 nitrogen and oxygen atoms in total. The van der Waals surface area contributed by atoms with Crippen LogP contribution in [0.1, 0.15) is 17.3 Å². The number of rotatable bonds is 5. The number of nitrogens with one attached hydrogen (secondary N) is 1. The first kappa shape index (κ1) is 14.3. The van der Waals surface area contributed by atoms with Gasteiger partial charge in [0.05, 0.1) is 25.9 Å². The van der Waals surface area contributed by atoms with E-state index in [-0.39, 0.29) is 13.2 Å². The largest absolute Gasteiger partial charge is 0.497 e. The Hall–Kier alpha value is -1.79. The number of amides is 1. The van der Waals surface area contributed by atoms with Crippen molar-refractivity contribution < 1.29 is 19.7 Å². The van der Waals surface area contributed by atoms with E-state index in [0.717, 1.165) is 0 Å². The average Bonchev–Trinajstić information content (AvgIpc) is 2.37. The fourth-order valence-electron chi connectivity index (χ4n) is 1.35. The second-order valence-electron chi connectivity index (χ2n) is 4.33. The topological polar surface area (TPSA) is 105 Å². The van der Waals surface area contributed by atoms with E-state index in [2.05, 4.69) is 5.32 Å². The molecule has 0 spiro atoms. The van der Waals surface area contributed by atoms with Crippen molar-refractivity contribution in [3.8, 4) is 5.75 Å². The summed E-state index contributed by atoms with van der Waals surface area (Å²) >= 11 is 0. The number of nitrogen functional groups attached to an aromatic ring is 1. The van der Waals surface area contributed by atoms with E-state index < -0.39 is 11.4 Å². The summed E-state index contributed by atoms with van der Waals surface area (Å²) in [4.78, 5) is 12.0. The molecule has 18 heavy (non-hydrogen) atoms. The summed E-state index contributed by atoms with van der Waals surface area (Å²) in [6.45, 7) is 0.803. The van der Waals surface area contributed by atoms with Crippen LogP contribution in [0.25, 0.3) is 0 Å². The smallest absolute Gasteiger partial charge is 0.252 e. The highest BCUT2D eigenvalue weighted by Gasteiger charge is 2.25. The highest BCUT2D eigenvalue weighted by atomic mass is 16.5. The molecule has 0 unspecified atom stereocenters. The maximum absolute atomic E-state index is 12.0. The van der Waals surface area contributed by atoms with Gasteiger partial charge in [-0.15, -0.1) is 0 Å². The van der Waals surface area contributed by atoms with Crippen molar-refractivity contribution in [2.75, 3.05) is 26.1 Å². The minimum Gasteiger partial charge on any atom is -0.497 e. The van der Waals surface area contributed by atoms with Crippen LogP contribution in [0.3, 0.4) is 0 Å². The molecule has 0 aliphatic rings. The lowest BCUT2D eigenvalue weighted by Gasteiger charge is -2.26. The Balaban J connectivity index is 2.94. The van der Waals surface area contributed by atoms with Crippen molar-refractivity contribution in [2.45, 2.75) is 12.5 Å². The first-order valence-electron chi connectivity index (χ1n) is 5.43. The highest BCUT2D eigenvalue weighted by molar-refractivity contribution is 5.96. The number of benzene rings is 1. The summed E-state index contributed by atoms with van der Waals surface area (Å²) in [7, 11) is 1.47. The van der Waals surface area contributed by atoms with Gasteiger partial charge in [0.1, 0.15) is 5.75 Å². The lowest BCUT2D eigenvalue weighted by atomic mass is 10.0. The zero-order valence-electron chi connectivity index (χ0n) is 10.4. The maximum Gasteiger partial charge on any atom is 0.252 e. The number of anilines is 1. The summed E-state index contributed by atoms with van der Waals surface area (Å²) in [5, 5.41) is 20.8. The van der Waals surface area contributed by atoms with Gasteiger partial charge in [-0.05, 0) is 19.1 Å². The van der Waals surface area contributed by atoms with Crippen molar-refractivity contribution >= 4 is 11.6 Å². The average molecular weight is 254 g/mol. The van der Waals surface area contributed by atoms with Gasteiger partial charge in [0.25, 0.3) is 5.91 Å². The molecule has 1 rings (SSSR count). The van der Waals surface area contributed by atoms with Crippen LogP contribution >= 0.6 is 0 Å². The third-order valence-electron chi connectivity index (χ3n) is 2.54. The van der Waals surface area contributed by atoms with Crippen LogP contribution in [0.15, 0.2) is 18.2 Å². The molecule has 0 fully saturated rings. The van der Waals surface area contributed by atoms with Crippen molar-refractivity contribution in [1.29, 1.82) is 0 Å². The number of ether oxygens (including phenoxy) is 1. The van der Waals surface area contributed by atoms with Crippen LogP contribution < -0.4 is 15.8 Å². The van der Waals surface area contributed by atoms with Crippen molar-refractivity contribution in [1.82, 2.24) is 5.32 Å². The van der Waals surface area contributed by atoms with Gasteiger partial charge in [0.2, 0.25) is 0 Å². The van der Waals surface area contributed by atoms with Crippen LogP contribution in [0.4, 0.5) is 5.69 Å². The third-order valence-corrected chi connectivity index (χ3v) is 2.54. The Bertz CT molecular complexity index is 430. The molecule has 0 bridgehead atoms. The second kappa shape index (κ2) is 5.70. The molecule has 6 heteroatoms. The molecule has 0 saturated heterocycles. The van der Waals surface area contributed by atoms with E-state index in [1.807, 2.05) is 0 Å². The fraction of sp³-hybridized carbons (Fsp3) is 0.417. The first-order chi connectivity index (χ1) is 8.44. The number of hydrogen-bond acceptors (Lipinski definition) is 5. The summed E-state index contributed by atoms with van der Waals surface area (Å²) in [6.07, 6.45) is 0. The third kappa shape index (κ3) is 3.35. The Kier molecular flexibility index (Phi) is 4.52. The van der Waals surface area contributed by atoms with Gasteiger partial charge >= 0.3 is 0 Å². The quantitative estimate of drug-likeness (QED) is 0.542. The normalized spacial score (nSPS) is 11.1. The van der Waals surface area contributed by atoms with Gasteiger partial charge in [-0.2, -0.15) is 0 Å². The van der Waals surface area contributed by atoms with E-state index in [1.165, 1.54) is 26.2 Å². The summed E-state index contributed by atoms with van der Waals surface area (Å²) in [5.41, 5.74) is 5.27. The number of carbonyl (C=O) groups is 1. The van der Waals surface area contributed by atoms with Gasteiger partial charge in [-0.1, -0.05) is 0 Å². The number of hydrogen-bond donors (Lipinski definition) is 4. The molecule has 100 valence electrons. The monoisotopic (exact) mass is 254 g/mol. The van der Waals surface area contributed by atoms with Gasteiger partial charge in [0.15, 0.2) is 0 Å². The molecule has 0 atom stereocenters. The fourth-order valence-corrected chi connectivity index (χ4v) is 1.35. The molecule has 0 heterocycles. The van der Waals surface area contributed by atoms with Crippen molar-refractivity contribution in [3.63, 3.8) is 0 Å². The summed E-state index contributed by atoms with van der Waals surface area (Å²) in [6, 6.07) is 4.61. The van der Waals surface area contributed by atoms with Crippen LogP contribution in [-0.2, 0) is 0 Å². The molecule has 5 N–H and O–H groups in total. The molecule has 0 aliphatic carbocycles. The lowest BCUT2D eigenvalue weighted by Crippen LogP contribution is -2.51. The molecule has 0 radical (unpaired) electrons. The number of aliphatic hydroxyl groups is 2. The van der Waals surface area contributed by atoms with E-state index in [1.54, 1.807) is 6.07 Å².